The zero-order valence-electron chi connectivity index (χ0n) is 14.1. The number of anilines is 1. The molecule has 0 fully saturated rings. The number of imidazole rings is 1. The van der Waals surface area contributed by atoms with Crippen molar-refractivity contribution in [3.05, 3.63) is 48.0 Å². The number of nitrogens with zero attached hydrogens (tertiary/aromatic N) is 1. The molecule has 2 N–H and O–H groups in total. The fourth-order valence-electron chi connectivity index (χ4n) is 2.40. The maximum atomic E-state index is 12.8. The summed E-state index contributed by atoms with van der Waals surface area (Å²) in [5.41, 5.74) is 2.49. The number of sulfone groups is 1. The third-order valence-electron chi connectivity index (χ3n) is 3.66. The smallest absolute Gasteiger partial charge is 0.333 e. The van der Waals surface area contributed by atoms with E-state index in [-0.39, 0.29) is 11.4 Å². The molecule has 6 nitrogen and oxygen atoms in total. The van der Waals surface area contributed by atoms with Crippen LogP contribution in [0.2, 0.25) is 0 Å². The van der Waals surface area contributed by atoms with E-state index in [0.29, 0.717) is 5.16 Å². The Morgan fingerprint density at radius 3 is 2.74 bits per heavy atom. The first kappa shape index (κ1) is 19.3. The normalized spacial score (nSPS) is 11.9. The summed E-state index contributed by atoms with van der Waals surface area (Å²) < 4.78 is 49.0. The molecule has 0 aliphatic rings. The van der Waals surface area contributed by atoms with Crippen LogP contribution in [0.4, 0.5) is 14.5 Å². The number of benzene rings is 2. The molecule has 0 atom stereocenters. The van der Waals surface area contributed by atoms with Crippen LogP contribution < -0.4 is 5.32 Å². The van der Waals surface area contributed by atoms with Gasteiger partial charge in [-0.25, -0.2) is 13.4 Å². The fourth-order valence-corrected chi connectivity index (χ4v) is 3.97. The van der Waals surface area contributed by atoms with Crippen LogP contribution in [0.3, 0.4) is 0 Å². The molecule has 0 saturated carbocycles. The lowest BCUT2D eigenvalue weighted by Gasteiger charge is -2.10. The summed E-state index contributed by atoms with van der Waals surface area (Å²) in [4.78, 5) is 19.0. The summed E-state index contributed by atoms with van der Waals surface area (Å²) in [6.07, 6.45) is 0. The number of hydrogen-bond donors (Lipinski definition) is 2. The van der Waals surface area contributed by atoms with Crippen molar-refractivity contribution in [1.82, 2.24) is 9.97 Å². The number of hydrogen-bond acceptors (Lipinski definition) is 5. The molecular weight excluding hydrogens is 396 g/mol. The Labute approximate surface area is 158 Å². The number of H-pyrrole nitrogens is 1. The van der Waals surface area contributed by atoms with Crippen molar-refractivity contribution in [2.24, 2.45) is 0 Å². The van der Waals surface area contributed by atoms with Gasteiger partial charge < -0.3 is 10.3 Å². The number of aryl methyl sites for hydroxylation is 1. The van der Waals surface area contributed by atoms with Gasteiger partial charge in [-0.05, 0) is 36.8 Å². The monoisotopic (exact) mass is 411 g/mol. The lowest BCUT2D eigenvalue weighted by molar-refractivity contribution is -0.113. The molecule has 0 aliphatic heterocycles. The highest BCUT2D eigenvalue weighted by Crippen LogP contribution is 2.26. The molecule has 0 radical (unpaired) electrons. The van der Waals surface area contributed by atoms with E-state index in [2.05, 4.69) is 15.3 Å². The van der Waals surface area contributed by atoms with Crippen LogP contribution in [0.1, 0.15) is 5.56 Å². The number of fused-ring (bicyclic) bond motifs is 1. The molecule has 2 aromatic carbocycles. The van der Waals surface area contributed by atoms with Crippen molar-refractivity contribution in [2.45, 2.75) is 22.7 Å². The van der Waals surface area contributed by atoms with Crippen molar-refractivity contribution in [3.63, 3.8) is 0 Å². The molecule has 27 heavy (non-hydrogen) atoms. The topological polar surface area (TPSA) is 91.9 Å². The predicted octanol–water partition coefficient (Wildman–Crippen LogP) is 3.60. The number of alkyl halides is 2. The number of rotatable bonds is 6. The Bertz CT molecular complexity index is 1100. The maximum Gasteiger partial charge on any atom is 0.341 e. The van der Waals surface area contributed by atoms with Gasteiger partial charge in [-0.2, -0.15) is 8.78 Å². The standard InChI is InChI=1S/C17H15F2N3O3S2/c1-10-6-7-11-13(8-10)22-17(21-11)26-9-15(23)20-12-4-2-3-5-14(12)27(24,25)16(18)19/h2-8,16H,9H2,1H3,(H,20,23)(H,21,22). The highest BCUT2D eigenvalue weighted by Gasteiger charge is 2.29. The first-order valence-electron chi connectivity index (χ1n) is 7.77. The first-order chi connectivity index (χ1) is 12.8. The first-order valence-corrected chi connectivity index (χ1v) is 10.3. The molecular formula is C17H15F2N3O3S2. The van der Waals surface area contributed by atoms with E-state index < -0.39 is 26.4 Å². The van der Waals surface area contributed by atoms with Crippen molar-refractivity contribution in [1.29, 1.82) is 0 Å². The summed E-state index contributed by atoms with van der Waals surface area (Å²) in [5.74, 6) is -4.17. The Morgan fingerprint density at radius 2 is 2.00 bits per heavy atom. The summed E-state index contributed by atoms with van der Waals surface area (Å²) in [5, 5.41) is 2.90. The molecule has 3 aromatic rings. The molecule has 142 valence electrons. The van der Waals surface area contributed by atoms with E-state index in [1.165, 1.54) is 18.2 Å². The number of para-hydroxylation sites is 1. The quantitative estimate of drug-likeness (QED) is 0.605. The molecule has 10 heteroatoms. The third-order valence-corrected chi connectivity index (χ3v) is 5.97. The summed E-state index contributed by atoms with van der Waals surface area (Å²) in [6.45, 7) is 1.95. The van der Waals surface area contributed by atoms with Gasteiger partial charge in [0.05, 0.1) is 27.4 Å². The fraction of sp³-hybridized carbons (Fsp3) is 0.176. The zero-order chi connectivity index (χ0) is 19.6. The molecule has 0 saturated heterocycles. The van der Waals surface area contributed by atoms with E-state index in [1.54, 1.807) is 0 Å². The number of carbonyl (C=O) groups excluding carboxylic acids is 1. The number of thioether (sulfide) groups is 1. The van der Waals surface area contributed by atoms with Crippen molar-refractivity contribution >= 4 is 44.2 Å². The second kappa shape index (κ2) is 7.65. The lowest BCUT2D eigenvalue weighted by atomic mass is 10.2. The van der Waals surface area contributed by atoms with Crippen LogP contribution in [-0.2, 0) is 14.6 Å². The van der Waals surface area contributed by atoms with Crippen LogP contribution in [-0.4, -0.2) is 35.8 Å². The van der Waals surface area contributed by atoms with Gasteiger partial charge in [-0.3, -0.25) is 4.79 Å². The average molecular weight is 411 g/mol. The largest absolute Gasteiger partial charge is 0.341 e. The average Bonchev–Trinajstić information content (AvgIpc) is 3.02. The van der Waals surface area contributed by atoms with E-state index in [9.17, 15) is 22.0 Å². The van der Waals surface area contributed by atoms with Crippen LogP contribution >= 0.6 is 11.8 Å². The molecule has 3 rings (SSSR count). The predicted molar refractivity (Wildman–Crippen MR) is 99.8 cm³/mol. The minimum absolute atomic E-state index is 0.0676. The molecule has 1 amide bonds. The highest BCUT2D eigenvalue weighted by atomic mass is 32.2. The van der Waals surface area contributed by atoms with Gasteiger partial charge in [0, 0.05) is 0 Å². The lowest BCUT2D eigenvalue weighted by Crippen LogP contribution is -2.19. The number of carbonyl (C=O) groups is 1. The number of halogens is 2. The maximum absolute atomic E-state index is 12.8. The number of aromatic amines is 1. The Balaban J connectivity index is 1.71. The molecule has 1 aromatic heterocycles. The van der Waals surface area contributed by atoms with Crippen LogP contribution in [0.15, 0.2) is 52.5 Å². The van der Waals surface area contributed by atoms with Crippen LogP contribution in [0, 0.1) is 6.92 Å². The highest BCUT2D eigenvalue weighted by molar-refractivity contribution is 7.99. The Morgan fingerprint density at radius 1 is 1.26 bits per heavy atom. The minimum atomic E-state index is -4.82. The molecule has 0 spiro atoms. The zero-order valence-corrected chi connectivity index (χ0v) is 15.7. The second-order valence-corrected chi connectivity index (χ2v) is 8.55. The SMILES string of the molecule is Cc1ccc2nc(SCC(=O)Nc3ccccc3S(=O)(=O)C(F)F)[nH]c2c1. The van der Waals surface area contributed by atoms with Gasteiger partial charge in [0.2, 0.25) is 15.7 Å². The number of amides is 1. The van der Waals surface area contributed by atoms with E-state index in [4.69, 9.17) is 0 Å². The van der Waals surface area contributed by atoms with Gasteiger partial charge in [-0.15, -0.1) is 0 Å². The van der Waals surface area contributed by atoms with Gasteiger partial charge in [-0.1, -0.05) is 30.0 Å². The van der Waals surface area contributed by atoms with E-state index >= 15 is 0 Å². The third kappa shape index (κ3) is 4.28. The second-order valence-electron chi connectivity index (χ2n) is 5.70. The van der Waals surface area contributed by atoms with E-state index in [0.717, 1.165) is 34.4 Å². The summed E-state index contributed by atoms with van der Waals surface area (Å²) in [6, 6.07) is 10.8. The Hall–Kier alpha value is -2.46. The van der Waals surface area contributed by atoms with Crippen molar-refractivity contribution < 1.29 is 22.0 Å². The van der Waals surface area contributed by atoms with Gasteiger partial charge in [0.1, 0.15) is 0 Å². The number of nitrogens with one attached hydrogen (secondary N) is 2. The minimum Gasteiger partial charge on any atom is -0.333 e. The number of aromatic nitrogens is 2. The van der Waals surface area contributed by atoms with Crippen molar-refractivity contribution in [3.8, 4) is 0 Å². The summed E-state index contributed by atoms with van der Waals surface area (Å²) >= 11 is 1.12. The molecule has 0 aliphatic carbocycles. The van der Waals surface area contributed by atoms with Crippen molar-refractivity contribution in [2.75, 3.05) is 11.1 Å². The van der Waals surface area contributed by atoms with Crippen LogP contribution in [0.5, 0.6) is 0 Å². The van der Waals surface area contributed by atoms with Gasteiger partial charge >= 0.3 is 5.76 Å². The molecule has 0 unspecified atom stereocenters. The summed E-state index contributed by atoms with van der Waals surface area (Å²) in [7, 11) is -4.82. The Kier molecular flexibility index (Phi) is 5.47. The van der Waals surface area contributed by atoms with Gasteiger partial charge in [0.25, 0.3) is 0 Å². The van der Waals surface area contributed by atoms with Gasteiger partial charge in [0.15, 0.2) is 5.16 Å². The molecule has 1 heterocycles. The van der Waals surface area contributed by atoms with Crippen LogP contribution in [0.25, 0.3) is 11.0 Å². The van der Waals surface area contributed by atoms with E-state index in [1.807, 2.05) is 25.1 Å². The molecule has 0 bridgehead atoms.